The van der Waals surface area contributed by atoms with E-state index in [2.05, 4.69) is 266 Å². The van der Waals surface area contributed by atoms with E-state index in [1.807, 2.05) is 24.5 Å². The van der Waals surface area contributed by atoms with Crippen LogP contribution in [-0.2, 0) is 0 Å². The summed E-state index contributed by atoms with van der Waals surface area (Å²) < 4.78 is 7.37. The summed E-state index contributed by atoms with van der Waals surface area (Å²) in [6.07, 6.45) is 9.55. The number of aliphatic imine (C=N–C) groups is 1. The molecule has 0 atom stereocenters. The fourth-order valence-corrected chi connectivity index (χ4v) is 20.5. The van der Waals surface area contributed by atoms with Gasteiger partial charge in [-0.1, -0.05) is 212 Å². The van der Waals surface area contributed by atoms with Crippen LogP contribution in [0.2, 0.25) is 0 Å². The lowest BCUT2D eigenvalue weighted by Crippen LogP contribution is -2.76. The van der Waals surface area contributed by atoms with E-state index in [0.29, 0.717) is 0 Å². The Hall–Kier alpha value is -8.49. The van der Waals surface area contributed by atoms with Gasteiger partial charge >= 0.3 is 0 Å². The zero-order valence-electron chi connectivity index (χ0n) is 39.0. The van der Waals surface area contributed by atoms with Crippen molar-refractivity contribution in [2.45, 2.75) is 6.92 Å². The Morgan fingerprint density at radius 1 is 0.500 bits per heavy atom. The predicted molar refractivity (Wildman–Crippen MR) is 300 cm³/mol. The Kier molecular flexibility index (Phi) is 12.1. The van der Waals surface area contributed by atoms with Crippen LogP contribution in [0.15, 0.2) is 278 Å². The molecule has 1 aromatic heterocycles. The quantitative estimate of drug-likeness (QED) is 0.0530. The van der Waals surface area contributed by atoms with Crippen LogP contribution in [0.1, 0.15) is 12.5 Å². The molecule has 0 aliphatic carbocycles. The number of allylic oxidation sites excluding steroid dienone is 3. The molecule has 1 aliphatic heterocycles. The molecule has 9 aromatic carbocycles. The zero-order valence-corrected chi connectivity index (χ0v) is 41.0. The Morgan fingerprint density at radius 3 is 1.60 bits per heavy atom. The van der Waals surface area contributed by atoms with Crippen LogP contribution >= 0.6 is 0 Å². The Morgan fingerprint density at radius 2 is 1.01 bits per heavy atom. The molecule has 0 fully saturated rings. The van der Waals surface area contributed by atoms with E-state index in [4.69, 9.17) is 4.74 Å². The number of para-hydroxylation sites is 2. The molecule has 0 N–H and O–H groups in total. The highest BCUT2D eigenvalue weighted by Crippen LogP contribution is 2.39. The van der Waals surface area contributed by atoms with Gasteiger partial charge in [-0.15, -0.1) is 0 Å². The van der Waals surface area contributed by atoms with Gasteiger partial charge in [-0.2, -0.15) is 0 Å². The van der Waals surface area contributed by atoms with Crippen molar-refractivity contribution in [3.63, 3.8) is 0 Å². The van der Waals surface area contributed by atoms with Crippen LogP contribution in [0.25, 0.3) is 39.0 Å². The summed E-state index contributed by atoms with van der Waals surface area (Å²) in [5, 5.41) is 10.3. The van der Waals surface area contributed by atoms with Crippen molar-refractivity contribution in [1.29, 1.82) is 0 Å². The highest BCUT2D eigenvalue weighted by Gasteiger charge is 2.49. The van der Waals surface area contributed by atoms with Gasteiger partial charge in [0, 0.05) is 29.7 Å². The fourth-order valence-electron chi connectivity index (χ4n) is 10.8. The third-order valence-electron chi connectivity index (χ3n) is 13.9. The van der Waals surface area contributed by atoms with Crippen LogP contribution in [-0.4, -0.2) is 27.8 Å². The lowest BCUT2D eigenvalue weighted by Gasteiger charge is -2.40. The largest absolute Gasteiger partial charge is 0.457 e. The maximum atomic E-state index is 7.37. The lowest BCUT2D eigenvalue weighted by molar-refractivity contribution is 0.489. The van der Waals surface area contributed by atoms with Crippen molar-refractivity contribution in [2.75, 3.05) is 0 Å². The van der Waals surface area contributed by atoms with Crippen molar-refractivity contribution in [1.82, 2.24) is 4.98 Å². The number of nitrogens with zero attached hydrogens (tertiary/aromatic N) is 2. The molecule has 0 bridgehead atoms. The van der Waals surface area contributed by atoms with Crippen LogP contribution in [0.3, 0.4) is 0 Å². The van der Waals surface area contributed by atoms with E-state index in [0.717, 1.165) is 56.0 Å². The van der Waals surface area contributed by atoms with Crippen molar-refractivity contribution in [3.8, 4) is 44.9 Å². The maximum absolute atomic E-state index is 7.37. The molecule has 0 saturated carbocycles. The Bertz CT molecular complexity index is 3390. The second-order valence-electron chi connectivity index (χ2n) is 17.8. The van der Waals surface area contributed by atoms with Crippen LogP contribution in [0, 0.1) is 0 Å². The van der Waals surface area contributed by atoms with E-state index in [1.165, 1.54) is 41.5 Å². The molecule has 0 saturated heterocycles. The van der Waals surface area contributed by atoms with E-state index in [1.54, 1.807) is 6.20 Å². The van der Waals surface area contributed by atoms with Crippen molar-refractivity contribution in [2.24, 2.45) is 4.99 Å². The van der Waals surface area contributed by atoms with Crippen molar-refractivity contribution >= 4 is 69.9 Å². The summed E-state index contributed by atoms with van der Waals surface area (Å²) in [6.45, 7) is 5.82. The molecular formula is C65H50N2OSi2. The van der Waals surface area contributed by atoms with Gasteiger partial charge < -0.3 is 4.74 Å². The fraction of sp³-hybridized carbons (Fsp3) is 0.0154. The van der Waals surface area contributed by atoms with Gasteiger partial charge in [0.2, 0.25) is 0 Å². The van der Waals surface area contributed by atoms with Crippen LogP contribution in [0.5, 0.6) is 11.5 Å². The third kappa shape index (κ3) is 7.81. The van der Waals surface area contributed by atoms with Gasteiger partial charge in [0.15, 0.2) is 16.1 Å². The number of fused-ring (bicyclic) bond motifs is 2. The van der Waals surface area contributed by atoms with Crippen LogP contribution < -0.4 is 46.2 Å². The molecule has 0 spiro atoms. The second-order valence-corrected chi connectivity index (χ2v) is 25.4. The van der Waals surface area contributed by atoms with Crippen molar-refractivity contribution in [3.05, 3.63) is 279 Å². The van der Waals surface area contributed by atoms with Gasteiger partial charge in [0.1, 0.15) is 11.5 Å². The first-order valence-electron chi connectivity index (χ1n) is 23.8. The topological polar surface area (TPSA) is 34.5 Å². The number of aromatic nitrogens is 1. The number of rotatable bonds is 12. The molecule has 70 heavy (non-hydrogen) atoms. The number of hydrogen-bond acceptors (Lipinski definition) is 3. The molecule has 11 rings (SSSR count). The van der Waals surface area contributed by atoms with Gasteiger partial charge in [-0.05, 0) is 131 Å². The normalized spacial score (nSPS) is 13.0. The molecule has 1 aliphatic rings. The highest BCUT2D eigenvalue weighted by atomic mass is 28.3. The van der Waals surface area contributed by atoms with E-state index in [9.17, 15) is 0 Å². The number of hydrogen-bond donors (Lipinski definition) is 0. The van der Waals surface area contributed by atoms with E-state index >= 15 is 0 Å². The average Bonchev–Trinajstić information content (AvgIpc) is 3.44. The Labute approximate surface area is 413 Å². The number of pyridine rings is 1. The van der Waals surface area contributed by atoms with Crippen molar-refractivity contribution < 1.29 is 4.74 Å². The maximum Gasteiger partial charge on any atom is 0.188 e. The van der Waals surface area contributed by atoms with Gasteiger partial charge in [0.05, 0.1) is 0 Å². The smallest absolute Gasteiger partial charge is 0.188 e. The molecule has 334 valence electrons. The first-order valence-corrected chi connectivity index (χ1v) is 27.8. The molecule has 2 heterocycles. The summed E-state index contributed by atoms with van der Waals surface area (Å²) in [6, 6.07) is 89.8. The second kappa shape index (κ2) is 19.3. The summed E-state index contributed by atoms with van der Waals surface area (Å²) in [7, 11) is -6.02. The summed E-state index contributed by atoms with van der Waals surface area (Å²) in [5.41, 5.74) is 8.70. The molecule has 0 amide bonds. The summed E-state index contributed by atoms with van der Waals surface area (Å²) >= 11 is 0. The molecule has 10 aromatic rings. The monoisotopic (exact) mass is 930 g/mol. The first-order chi connectivity index (χ1) is 34.6. The number of benzene rings is 9. The summed E-state index contributed by atoms with van der Waals surface area (Å²) in [4.78, 5) is 8.54. The SMILES string of the molecule is C=N/C=C\C=C(/C)c1cc(-c2cccnc2)cc(-c2cc(-c3cccc4c3Oc3ccccc3[Si]4(c3ccccc3)c3ccccc3)cc([Si](c3ccccc3)(c3ccccc3)c3ccccc3)c2)c1. The van der Waals surface area contributed by atoms with Gasteiger partial charge in [0.25, 0.3) is 0 Å². The highest BCUT2D eigenvalue weighted by molar-refractivity contribution is 7.21. The van der Waals surface area contributed by atoms with Crippen LogP contribution in [0.4, 0.5) is 0 Å². The number of ether oxygens (including phenoxy) is 1. The minimum Gasteiger partial charge on any atom is -0.457 e. The Balaban J connectivity index is 1.26. The average molecular weight is 931 g/mol. The molecule has 5 heteroatoms. The third-order valence-corrected chi connectivity index (χ3v) is 23.5. The summed E-state index contributed by atoms with van der Waals surface area (Å²) in [5.74, 6) is 1.80. The van der Waals surface area contributed by atoms with Gasteiger partial charge in [-0.25, -0.2) is 0 Å². The minimum atomic E-state index is -3.07. The molecule has 0 radical (unpaired) electrons. The molecule has 3 nitrogen and oxygen atoms in total. The van der Waals surface area contributed by atoms with E-state index < -0.39 is 16.1 Å². The predicted octanol–water partition coefficient (Wildman–Crippen LogP) is 10.6. The molecular weight excluding hydrogens is 881 g/mol. The zero-order chi connectivity index (χ0) is 47.3. The minimum absolute atomic E-state index is 0.900. The standard InChI is InChI=1S/C65H50N2OSi2/c1-48(23-21-39-66-2)50-41-51(49-24-22-40-67-47-49)43-52(42-50)53-44-54(46-60(45-53)69(55-25-8-3-9-26-55,56-27-10-4-11-28-56)57-29-12-5-13-30-57)61-35-20-38-64-65(61)68-62-36-18-19-37-63(62)70(64,58-31-14-6-15-32-58)59-33-16-7-17-34-59/h3-47H,2H2,1H3/b39-21-,48-23+. The lowest BCUT2D eigenvalue weighted by atomic mass is 9.92. The van der Waals surface area contributed by atoms with Gasteiger partial charge in [-0.3, -0.25) is 9.98 Å². The first kappa shape index (κ1) is 44.0. The van der Waals surface area contributed by atoms with E-state index in [-0.39, 0.29) is 0 Å². The molecule has 0 unspecified atom stereocenters.